The lowest BCUT2D eigenvalue weighted by molar-refractivity contribution is -0.136. The molecule has 2 rings (SSSR count). The van der Waals surface area contributed by atoms with Crippen LogP contribution in [0.25, 0.3) is 0 Å². The maximum absolute atomic E-state index is 12.1. The van der Waals surface area contributed by atoms with E-state index >= 15 is 0 Å². The molecule has 1 aliphatic heterocycles. The Morgan fingerprint density at radius 3 is 2.73 bits per heavy atom. The summed E-state index contributed by atoms with van der Waals surface area (Å²) in [7, 11) is 0. The van der Waals surface area contributed by atoms with Gasteiger partial charge in [0.2, 0.25) is 0 Å². The quantitative estimate of drug-likeness (QED) is 0.923. The van der Waals surface area contributed by atoms with Crippen molar-refractivity contribution in [2.45, 2.75) is 52.2 Å². The summed E-state index contributed by atoms with van der Waals surface area (Å²) in [5.41, 5.74) is 1.05. The fourth-order valence-electron chi connectivity index (χ4n) is 2.60. The van der Waals surface area contributed by atoms with Gasteiger partial charge >= 0.3 is 12.1 Å². The van der Waals surface area contributed by atoms with Gasteiger partial charge in [0.15, 0.2) is 0 Å². The molecule has 1 saturated heterocycles. The Hall–Kier alpha value is -2.05. The number of aromatic nitrogens is 2. The molecule has 7 nitrogen and oxygen atoms in total. The average molecular weight is 309 g/mol. The number of carboxylic acid groups (broad SMARTS) is 1. The zero-order valence-corrected chi connectivity index (χ0v) is 13.5. The van der Waals surface area contributed by atoms with E-state index in [4.69, 9.17) is 9.84 Å². The molecule has 1 aromatic rings. The second kappa shape index (κ2) is 5.98. The Kier molecular flexibility index (Phi) is 4.44. The van der Waals surface area contributed by atoms with Crippen LogP contribution in [0.15, 0.2) is 6.20 Å². The van der Waals surface area contributed by atoms with Gasteiger partial charge in [0.1, 0.15) is 5.60 Å². The summed E-state index contributed by atoms with van der Waals surface area (Å²) >= 11 is 0. The second-order valence-electron chi connectivity index (χ2n) is 6.64. The third kappa shape index (κ3) is 3.78. The first-order valence-corrected chi connectivity index (χ1v) is 7.40. The van der Waals surface area contributed by atoms with Gasteiger partial charge < -0.3 is 14.7 Å². The molecule has 0 radical (unpaired) electrons. The van der Waals surface area contributed by atoms with E-state index in [1.807, 2.05) is 32.4 Å². The van der Waals surface area contributed by atoms with Crippen LogP contribution in [0.2, 0.25) is 0 Å². The van der Waals surface area contributed by atoms with Crippen molar-refractivity contribution < 1.29 is 19.4 Å². The number of hydrogen-bond donors (Lipinski definition) is 1. The fourth-order valence-corrected chi connectivity index (χ4v) is 2.60. The molecular weight excluding hydrogens is 286 g/mol. The van der Waals surface area contributed by atoms with Crippen LogP contribution >= 0.6 is 0 Å². The van der Waals surface area contributed by atoms with E-state index in [0.29, 0.717) is 18.7 Å². The minimum absolute atomic E-state index is 0.0334. The van der Waals surface area contributed by atoms with Crippen LogP contribution in [0.1, 0.15) is 44.5 Å². The van der Waals surface area contributed by atoms with E-state index in [0.717, 1.165) is 12.1 Å². The highest BCUT2D eigenvalue weighted by Gasteiger charge is 2.31. The Morgan fingerprint density at radius 2 is 2.14 bits per heavy atom. The topological polar surface area (TPSA) is 84.7 Å². The minimum Gasteiger partial charge on any atom is -0.481 e. The highest BCUT2D eigenvalue weighted by Crippen LogP contribution is 2.25. The monoisotopic (exact) mass is 309 g/mol. The average Bonchev–Trinajstić information content (AvgIpc) is 2.95. The van der Waals surface area contributed by atoms with Crippen LogP contribution in [0.4, 0.5) is 4.79 Å². The van der Waals surface area contributed by atoms with Crippen LogP contribution in [-0.2, 0) is 16.0 Å². The molecule has 122 valence electrons. The normalized spacial score (nSPS) is 18.5. The predicted molar refractivity (Wildman–Crippen MR) is 79.8 cm³/mol. The molecule has 1 aliphatic rings. The summed E-state index contributed by atoms with van der Waals surface area (Å²) in [5.74, 6) is -0.871. The first-order chi connectivity index (χ1) is 10.2. The molecule has 1 atom stereocenters. The van der Waals surface area contributed by atoms with Gasteiger partial charge in [-0.15, -0.1) is 0 Å². The Balaban J connectivity index is 2.03. The van der Waals surface area contributed by atoms with Crippen molar-refractivity contribution in [2.75, 3.05) is 13.1 Å². The van der Waals surface area contributed by atoms with Gasteiger partial charge in [-0.05, 0) is 34.1 Å². The fraction of sp³-hybridized carbons (Fsp3) is 0.667. The lowest BCUT2D eigenvalue weighted by Crippen LogP contribution is -2.35. The molecule has 0 spiro atoms. The molecule has 0 saturated carbocycles. The molecule has 1 N–H and O–H groups in total. The number of amides is 1. The molecule has 0 bridgehead atoms. The number of aliphatic carboxylic acids is 1. The van der Waals surface area contributed by atoms with E-state index < -0.39 is 11.6 Å². The molecule has 22 heavy (non-hydrogen) atoms. The zero-order chi connectivity index (χ0) is 16.5. The first-order valence-electron chi connectivity index (χ1n) is 7.40. The van der Waals surface area contributed by atoms with Crippen LogP contribution in [-0.4, -0.2) is 50.5 Å². The van der Waals surface area contributed by atoms with Gasteiger partial charge in [-0.1, -0.05) is 0 Å². The van der Waals surface area contributed by atoms with Gasteiger partial charge in [-0.25, -0.2) is 4.79 Å². The summed E-state index contributed by atoms with van der Waals surface area (Å²) in [6.07, 6.45) is 2.04. The second-order valence-corrected chi connectivity index (χ2v) is 6.64. The number of carboxylic acids is 1. The summed E-state index contributed by atoms with van der Waals surface area (Å²) in [4.78, 5) is 24.6. The number of nitrogens with zero attached hydrogens (tertiary/aromatic N) is 3. The zero-order valence-electron chi connectivity index (χ0n) is 13.5. The standard InChI is InChI=1S/C15H23N3O4/c1-10-11(7-13(19)20)8-16-18(10)12-5-6-17(9-12)14(21)22-15(2,3)4/h8,12H,5-7,9H2,1-4H3,(H,19,20). The van der Waals surface area contributed by atoms with Crippen molar-refractivity contribution >= 4 is 12.1 Å². The first kappa shape index (κ1) is 16.3. The van der Waals surface area contributed by atoms with Crippen molar-refractivity contribution in [3.05, 3.63) is 17.5 Å². The number of rotatable bonds is 3. The third-order valence-corrected chi connectivity index (χ3v) is 3.65. The van der Waals surface area contributed by atoms with Crippen molar-refractivity contribution in [1.29, 1.82) is 0 Å². The van der Waals surface area contributed by atoms with Gasteiger partial charge in [-0.2, -0.15) is 5.10 Å². The molecule has 2 heterocycles. The van der Waals surface area contributed by atoms with Crippen LogP contribution < -0.4 is 0 Å². The molecule has 7 heteroatoms. The summed E-state index contributed by atoms with van der Waals surface area (Å²) < 4.78 is 7.20. The molecule has 0 aliphatic carbocycles. The Morgan fingerprint density at radius 1 is 1.45 bits per heavy atom. The highest BCUT2D eigenvalue weighted by atomic mass is 16.6. The lowest BCUT2D eigenvalue weighted by atomic mass is 10.2. The van der Waals surface area contributed by atoms with E-state index in [-0.39, 0.29) is 18.6 Å². The smallest absolute Gasteiger partial charge is 0.410 e. The van der Waals surface area contributed by atoms with Crippen molar-refractivity contribution in [3.8, 4) is 0 Å². The molecule has 0 aromatic carbocycles. The SMILES string of the molecule is Cc1c(CC(=O)O)cnn1C1CCN(C(=O)OC(C)(C)C)C1. The van der Waals surface area contributed by atoms with Crippen LogP contribution in [0.3, 0.4) is 0 Å². The van der Waals surface area contributed by atoms with Crippen LogP contribution in [0, 0.1) is 6.92 Å². The van der Waals surface area contributed by atoms with Gasteiger partial charge in [0.05, 0.1) is 18.7 Å². The maximum atomic E-state index is 12.1. The highest BCUT2D eigenvalue weighted by molar-refractivity contribution is 5.70. The van der Waals surface area contributed by atoms with Gasteiger partial charge in [-0.3, -0.25) is 9.48 Å². The predicted octanol–water partition coefficient (Wildman–Crippen LogP) is 2.00. The number of hydrogen-bond acceptors (Lipinski definition) is 4. The van der Waals surface area contributed by atoms with Crippen molar-refractivity contribution in [3.63, 3.8) is 0 Å². The minimum atomic E-state index is -0.871. The number of carbonyl (C=O) groups is 2. The Labute approximate surface area is 129 Å². The largest absolute Gasteiger partial charge is 0.481 e. The third-order valence-electron chi connectivity index (χ3n) is 3.65. The van der Waals surface area contributed by atoms with E-state index in [1.54, 1.807) is 11.1 Å². The maximum Gasteiger partial charge on any atom is 0.410 e. The van der Waals surface area contributed by atoms with Crippen LogP contribution in [0.5, 0.6) is 0 Å². The van der Waals surface area contributed by atoms with E-state index in [2.05, 4.69) is 5.10 Å². The number of ether oxygens (including phenoxy) is 1. The van der Waals surface area contributed by atoms with Crippen molar-refractivity contribution in [1.82, 2.24) is 14.7 Å². The molecule has 1 unspecified atom stereocenters. The van der Waals surface area contributed by atoms with Gasteiger partial charge in [0.25, 0.3) is 0 Å². The van der Waals surface area contributed by atoms with E-state index in [9.17, 15) is 9.59 Å². The summed E-state index contributed by atoms with van der Waals surface area (Å²) in [6.45, 7) is 8.54. The van der Waals surface area contributed by atoms with E-state index in [1.165, 1.54) is 0 Å². The molecule has 1 fully saturated rings. The number of likely N-dealkylation sites (tertiary alicyclic amines) is 1. The van der Waals surface area contributed by atoms with Crippen molar-refractivity contribution in [2.24, 2.45) is 0 Å². The summed E-state index contributed by atoms with van der Waals surface area (Å²) in [5, 5.41) is 13.2. The molecule has 1 aromatic heterocycles. The lowest BCUT2D eigenvalue weighted by Gasteiger charge is -2.24. The Bertz CT molecular complexity index is 574. The summed E-state index contributed by atoms with van der Waals surface area (Å²) in [6, 6.07) is 0.0649. The van der Waals surface area contributed by atoms with Gasteiger partial charge in [0, 0.05) is 24.3 Å². The molecular formula is C15H23N3O4. The number of carbonyl (C=O) groups excluding carboxylic acids is 1. The molecule has 1 amide bonds.